The van der Waals surface area contributed by atoms with Gasteiger partial charge in [0.25, 0.3) is 0 Å². The van der Waals surface area contributed by atoms with E-state index in [9.17, 15) is 0 Å². The Hall–Kier alpha value is -2.54. The van der Waals surface area contributed by atoms with Crippen molar-refractivity contribution >= 4 is 0 Å². The summed E-state index contributed by atoms with van der Waals surface area (Å²) in [6.45, 7) is 8.67. The van der Waals surface area contributed by atoms with Crippen LogP contribution in [0.1, 0.15) is 41.6 Å². The van der Waals surface area contributed by atoms with E-state index in [2.05, 4.69) is 56.3 Å². The van der Waals surface area contributed by atoms with Gasteiger partial charge < -0.3 is 4.42 Å². The maximum atomic E-state index is 5.88. The summed E-state index contributed by atoms with van der Waals surface area (Å²) in [5, 5.41) is 15.4. The lowest BCUT2D eigenvalue weighted by Gasteiger charge is -2.19. The number of hydrogen-bond acceptors (Lipinski definition) is 6. The lowest BCUT2D eigenvalue weighted by Crippen LogP contribution is -2.22. The highest BCUT2D eigenvalue weighted by Crippen LogP contribution is 2.25. The summed E-state index contributed by atoms with van der Waals surface area (Å²) < 4.78 is 5.88. The Kier molecular flexibility index (Phi) is 4.44. The number of benzene rings is 1. The van der Waals surface area contributed by atoms with Gasteiger partial charge in [-0.3, -0.25) is 10.00 Å². The van der Waals surface area contributed by atoms with Gasteiger partial charge in [0.2, 0.25) is 11.8 Å². The predicted molar refractivity (Wildman–Crippen MR) is 90.2 cm³/mol. The zero-order chi connectivity index (χ0) is 17.3. The van der Waals surface area contributed by atoms with Gasteiger partial charge in [0.1, 0.15) is 5.82 Å². The minimum atomic E-state index is -0.0309. The van der Waals surface area contributed by atoms with Crippen LogP contribution in [0, 0.1) is 20.8 Å². The molecule has 0 saturated carbocycles. The van der Waals surface area contributed by atoms with Crippen LogP contribution in [0.15, 0.2) is 22.6 Å². The first-order chi connectivity index (χ1) is 11.4. The van der Waals surface area contributed by atoms with Crippen LogP contribution < -0.4 is 0 Å². The summed E-state index contributed by atoms with van der Waals surface area (Å²) in [6, 6.07) is 6.11. The summed E-state index contributed by atoms with van der Waals surface area (Å²) in [5.41, 5.74) is 3.39. The second-order valence-electron chi connectivity index (χ2n) is 6.17. The van der Waals surface area contributed by atoms with Crippen molar-refractivity contribution < 1.29 is 4.42 Å². The van der Waals surface area contributed by atoms with Crippen molar-refractivity contribution in [1.82, 2.24) is 30.3 Å². The Bertz CT molecular complexity index is 837. The Morgan fingerprint density at radius 1 is 1.17 bits per heavy atom. The minimum absolute atomic E-state index is 0.0309. The lowest BCUT2D eigenvalue weighted by molar-refractivity contribution is 0.213. The van der Waals surface area contributed by atoms with Crippen molar-refractivity contribution in [3.8, 4) is 11.5 Å². The van der Waals surface area contributed by atoms with Gasteiger partial charge in [-0.2, -0.15) is 5.10 Å². The van der Waals surface area contributed by atoms with E-state index >= 15 is 0 Å². The zero-order valence-corrected chi connectivity index (χ0v) is 14.7. The second-order valence-corrected chi connectivity index (χ2v) is 6.17. The summed E-state index contributed by atoms with van der Waals surface area (Å²) >= 11 is 0. The first-order valence-corrected chi connectivity index (χ1v) is 7.93. The third kappa shape index (κ3) is 3.35. The molecule has 1 aromatic carbocycles. The Morgan fingerprint density at radius 2 is 1.96 bits per heavy atom. The number of aryl methyl sites for hydroxylation is 3. The molecule has 1 N–H and O–H groups in total. The average molecular weight is 326 g/mol. The number of H-pyrrole nitrogens is 1. The van der Waals surface area contributed by atoms with Crippen LogP contribution in [-0.4, -0.2) is 37.3 Å². The molecule has 0 radical (unpaired) electrons. The van der Waals surface area contributed by atoms with Gasteiger partial charge in [-0.15, -0.1) is 10.2 Å². The summed E-state index contributed by atoms with van der Waals surface area (Å²) in [5.74, 6) is 2.68. The highest BCUT2D eigenvalue weighted by atomic mass is 16.4. The van der Waals surface area contributed by atoms with Gasteiger partial charge in [0.15, 0.2) is 5.82 Å². The molecular weight excluding hydrogens is 304 g/mol. The van der Waals surface area contributed by atoms with Gasteiger partial charge >= 0.3 is 0 Å². The van der Waals surface area contributed by atoms with Gasteiger partial charge in [-0.05, 0) is 58.0 Å². The molecule has 0 spiro atoms. The topological polar surface area (TPSA) is 83.7 Å². The molecule has 2 aromatic heterocycles. The maximum Gasteiger partial charge on any atom is 0.247 e. The van der Waals surface area contributed by atoms with Crippen molar-refractivity contribution in [2.24, 2.45) is 0 Å². The van der Waals surface area contributed by atoms with Crippen LogP contribution in [-0.2, 0) is 6.54 Å². The molecule has 24 heavy (non-hydrogen) atoms. The minimum Gasteiger partial charge on any atom is -0.419 e. The standard InChI is InChI=1S/C17H22N6O/c1-10-6-7-14(8-11(10)2)17-22-21-16(24-17)12(3)23(5)9-15-18-13(4)19-20-15/h6-8,12H,9H2,1-5H3,(H,18,19,20). The molecule has 0 saturated heterocycles. The highest BCUT2D eigenvalue weighted by molar-refractivity contribution is 5.55. The van der Waals surface area contributed by atoms with E-state index in [0.29, 0.717) is 18.3 Å². The summed E-state index contributed by atoms with van der Waals surface area (Å²) in [7, 11) is 1.98. The maximum absolute atomic E-state index is 5.88. The quantitative estimate of drug-likeness (QED) is 0.776. The van der Waals surface area contributed by atoms with Crippen LogP contribution in [0.4, 0.5) is 0 Å². The van der Waals surface area contributed by atoms with Crippen LogP contribution in [0.3, 0.4) is 0 Å². The third-order valence-corrected chi connectivity index (χ3v) is 4.25. The van der Waals surface area contributed by atoms with Crippen LogP contribution >= 0.6 is 0 Å². The SMILES string of the molecule is Cc1nc(CN(C)C(C)c2nnc(-c3ccc(C)c(C)c3)o2)n[nH]1. The van der Waals surface area contributed by atoms with E-state index in [-0.39, 0.29) is 6.04 Å². The molecule has 1 atom stereocenters. The largest absolute Gasteiger partial charge is 0.419 e. The molecule has 3 rings (SSSR count). The molecule has 7 nitrogen and oxygen atoms in total. The smallest absolute Gasteiger partial charge is 0.247 e. The number of nitrogens with one attached hydrogen (secondary N) is 1. The predicted octanol–water partition coefficient (Wildman–Crippen LogP) is 2.97. The Labute approximate surface area is 141 Å². The number of rotatable bonds is 5. The first kappa shape index (κ1) is 16.3. The number of aromatic nitrogens is 5. The van der Waals surface area contributed by atoms with Crippen molar-refractivity contribution in [3.63, 3.8) is 0 Å². The molecule has 0 aliphatic carbocycles. The Balaban J connectivity index is 1.75. The number of nitrogens with zero attached hydrogens (tertiary/aromatic N) is 5. The molecule has 2 heterocycles. The molecule has 0 amide bonds. The highest BCUT2D eigenvalue weighted by Gasteiger charge is 2.20. The fourth-order valence-electron chi connectivity index (χ4n) is 2.40. The molecule has 0 aliphatic rings. The molecule has 7 heteroatoms. The molecule has 0 fully saturated rings. The van der Waals surface area contributed by atoms with Crippen molar-refractivity contribution in [3.05, 3.63) is 46.9 Å². The van der Waals surface area contributed by atoms with Crippen LogP contribution in [0.2, 0.25) is 0 Å². The van der Waals surface area contributed by atoms with Crippen molar-refractivity contribution in [1.29, 1.82) is 0 Å². The lowest BCUT2D eigenvalue weighted by atomic mass is 10.1. The fraction of sp³-hybridized carbons (Fsp3) is 0.412. The zero-order valence-electron chi connectivity index (χ0n) is 14.7. The van der Waals surface area contributed by atoms with Crippen LogP contribution in [0.25, 0.3) is 11.5 Å². The number of hydrogen-bond donors (Lipinski definition) is 1. The summed E-state index contributed by atoms with van der Waals surface area (Å²) in [6.07, 6.45) is 0. The van der Waals surface area contributed by atoms with E-state index in [0.717, 1.165) is 17.2 Å². The van der Waals surface area contributed by atoms with Crippen molar-refractivity contribution in [2.75, 3.05) is 7.05 Å². The first-order valence-electron chi connectivity index (χ1n) is 7.93. The third-order valence-electron chi connectivity index (χ3n) is 4.25. The van der Waals surface area contributed by atoms with E-state index in [4.69, 9.17) is 4.42 Å². The van der Waals surface area contributed by atoms with E-state index in [1.807, 2.05) is 27.0 Å². The Morgan fingerprint density at radius 3 is 2.62 bits per heavy atom. The average Bonchev–Trinajstić information content (AvgIpc) is 3.18. The van der Waals surface area contributed by atoms with E-state index in [1.54, 1.807) is 0 Å². The molecule has 1 unspecified atom stereocenters. The van der Waals surface area contributed by atoms with Crippen LogP contribution in [0.5, 0.6) is 0 Å². The van der Waals surface area contributed by atoms with Gasteiger partial charge in [0.05, 0.1) is 12.6 Å². The molecule has 0 aliphatic heterocycles. The number of aromatic amines is 1. The molecule has 0 bridgehead atoms. The molecule has 126 valence electrons. The molecular formula is C17H22N6O. The normalized spacial score (nSPS) is 12.8. The van der Waals surface area contributed by atoms with E-state index in [1.165, 1.54) is 11.1 Å². The fourth-order valence-corrected chi connectivity index (χ4v) is 2.40. The van der Waals surface area contributed by atoms with E-state index < -0.39 is 0 Å². The molecule has 3 aromatic rings. The second kappa shape index (κ2) is 6.52. The van der Waals surface area contributed by atoms with Gasteiger partial charge in [-0.25, -0.2) is 4.98 Å². The van der Waals surface area contributed by atoms with Gasteiger partial charge in [-0.1, -0.05) is 6.07 Å². The van der Waals surface area contributed by atoms with Gasteiger partial charge in [0, 0.05) is 5.56 Å². The summed E-state index contributed by atoms with van der Waals surface area (Å²) in [4.78, 5) is 6.39. The monoisotopic (exact) mass is 326 g/mol. The van der Waals surface area contributed by atoms with Crippen molar-refractivity contribution in [2.45, 2.75) is 40.3 Å².